The molecule has 1 N–H and O–H groups in total. The fourth-order valence-corrected chi connectivity index (χ4v) is 3.12. The molecular formula is C16H15BrClNO. The number of hydrogen-bond acceptors (Lipinski definition) is 2. The minimum Gasteiger partial charge on any atom is -0.487 e. The van der Waals surface area contributed by atoms with Gasteiger partial charge in [-0.2, -0.15) is 0 Å². The third-order valence-corrected chi connectivity index (χ3v) is 4.25. The van der Waals surface area contributed by atoms with Crippen LogP contribution in [0.1, 0.15) is 12.0 Å². The summed E-state index contributed by atoms with van der Waals surface area (Å²) < 4.78 is 7.00. The van der Waals surface area contributed by atoms with E-state index in [4.69, 9.17) is 16.3 Å². The van der Waals surface area contributed by atoms with Crippen LogP contribution in [0.2, 0.25) is 5.02 Å². The molecule has 0 spiro atoms. The van der Waals surface area contributed by atoms with Crippen molar-refractivity contribution >= 4 is 33.2 Å². The van der Waals surface area contributed by atoms with Gasteiger partial charge in [0.05, 0.1) is 11.6 Å². The molecule has 3 rings (SSSR count). The average Bonchev–Trinajstić information content (AvgIpc) is 2.65. The maximum absolute atomic E-state index is 6.20. The van der Waals surface area contributed by atoms with Crippen molar-refractivity contribution in [1.82, 2.24) is 0 Å². The van der Waals surface area contributed by atoms with Crippen molar-refractivity contribution in [3.8, 4) is 5.75 Å². The summed E-state index contributed by atoms with van der Waals surface area (Å²) in [5, 5.41) is 4.09. The molecule has 0 aliphatic carbocycles. The molecule has 1 atom stereocenters. The minimum absolute atomic E-state index is 0.126. The minimum atomic E-state index is 0.126. The lowest BCUT2D eigenvalue weighted by Crippen LogP contribution is -2.25. The molecule has 0 radical (unpaired) electrons. The van der Waals surface area contributed by atoms with Crippen LogP contribution in [0.5, 0.6) is 5.75 Å². The third-order valence-electron chi connectivity index (χ3n) is 3.46. The van der Waals surface area contributed by atoms with E-state index in [0.717, 1.165) is 29.6 Å². The van der Waals surface area contributed by atoms with Gasteiger partial charge in [-0.1, -0.05) is 45.7 Å². The zero-order valence-corrected chi connectivity index (χ0v) is 13.2. The highest BCUT2D eigenvalue weighted by Gasteiger charge is 2.17. The molecule has 0 aromatic heterocycles. The number of anilines is 1. The first-order valence-electron chi connectivity index (χ1n) is 6.66. The van der Waals surface area contributed by atoms with Gasteiger partial charge in [0, 0.05) is 10.2 Å². The van der Waals surface area contributed by atoms with Crippen molar-refractivity contribution in [3.63, 3.8) is 0 Å². The Morgan fingerprint density at radius 1 is 1.20 bits per heavy atom. The van der Waals surface area contributed by atoms with E-state index in [9.17, 15) is 0 Å². The van der Waals surface area contributed by atoms with Crippen LogP contribution in [-0.2, 0) is 6.42 Å². The summed E-state index contributed by atoms with van der Waals surface area (Å²) in [5.74, 6) is 0.743. The summed E-state index contributed by atoms with van der Waals surface area (Å²) in [6.45, 7) is 0.795. The summed E-state index contributed by atoms with van der Waals surface area (Å²) in [6.07, 6.45) is 2.12. The number of halogens is 2. The molecule has 0 saturated heterocycles. The van der Waals surface area contributed by atoms with E-state index in [0.29, 0.717) is 5.02 Å². The molecule has 0 saturated carbocycles. The maximum Gasteiger partial charge on any atom is 0.138 e. The van der Waals surface area contributed by atoms with Gasteiger partial charge in [-0.15, -0.1) is 0 Å². The van der Waals surface area contributed by atoms with Gasteiger partial charge in [-0.25, -0.2) is 0 Å². The Morgan fingerprint density at radius 2 is 2.05 bits per heavy atom. The fourth-order valence-electron chi connectivity index (χ4n) is 2.40. The first-order valence-corrected chi connectivity index (χ1v) is 7.83. The fraction of sp³-hybridized carbons (Fsp3) is 0.250. The molecule has 0 amide bonds. The van der Waals surface area contributed by atoms with Crippen molar-refractivity contribution in [2.24, 2.45) is 0 Å². The second kappa shape index (κ2) is 6.06. The third kappa shape index (κ3) is 3.10. The Bertz CT molecular complexity index is 590. The molecule has 2 aromatic rings. The van der Waals surface area contributed by atoms with Crippen molar-refractivity contribution < 1.29 is 4.74 Å². The molecule has 2 aromatic carbocycles. The number of hydrogen-bond donors (Lipinski definition) is 1. The molecule has 0 fully saturated rings. The lowest BCUT2D eigenvalue weighted by molar-refractivity contribution is 0.206. The van der Waals surface area contributed by atoms with Crippen molar-refractivity contribution in [2.45, 2.75) is 18.9 Å². The van der Waals surface area contributed by atoms with E-state index in [1.807, 2.05) is 18.2 Å². The van der Waals surface area contributed by atoms with Gasteiger partial charge in [-0.05, 0) is 42.7 Å². The summed E-state index contributed by atoms with van der Waals surface area (Å²) in [7, 11) is 0. The molecule has 1 aliphatic heterocycles. The van der Waals surface area contributed by atoms with E-state index in [1.54, 1.807) is 0 Å². The van der Waals surface area contributed by atoms with Crippen LogP contribution in [-0.4, -0.2) is 12.6 Å². The van der Waals surface area contributed by atoms with Crippen LogP contribution < -0.4 is 10.1 Å². The van der Waals surface area contributed by atoms with E-state index in [-0.39, 0.29) is 6.10 Å². The molecule has 0 bridgehead atoms. The lowest BCUT2D eigenvalue weighted by atomic mass is 10.1. The predicted octanol–water partition coefficient (Wildman–Crippen LogP) is 4.91. The van der Waals surface area contributed by atoms with E-state index < -0.39 is 0 Å². The van der Waals surface area contributed by atoms with Gasteiger partial charge < -0.3 is 10.1 Å². The Morgan fingerprint density at radius 3 is 2.90 bits per heavy atom. The number of para-hydroxylation sites is 1. The number of fused-ring (bicyclic) bond motifs is 1. The molecule has 1 aliphatic rings. The lowest BCUT2D eigenvalue weighted by Gasteiger charge is -2.18. The summed E-state index contributed by atoms with van der Waals surface area (Å²) in [5.41, 5.74) is 2.56. The second-order valence-electron chi connectivity index (χ2n) is 4.89. The van der Waals surface area contributed by atoms with Crippen LogP contribution in [0.15, 0.2) is 46.9 Å². The number of ether oxygens (including phenoxy) is 1. The Kier molecular flexibility index (Phi) is 4.18. The largest absolute Gasteiger partial charge is 0.487 e. The van der Waals surface area contributed by atoms with Crippen LogP contribution in [0.3, 0.4) is 0 Å². The van der Waals surface area contributed by atoms with Crippen LogP contribution in [0.25, 0.3) is 0 Å². The molecule has 1 unspecified atom stereocenters. The molecular weight excluding hydrogens is 338 g/mol. The first kappa shape index (κ1) is 13.8. The molecule has 4 heteroatoms. The molecule has 2 nitrogen and oxygen atoms in total. The monoisotopic (exact) mass is 351 g/mol. The SMILES string of the molecule is Clc1cc(Br)ccc1OC1CCc2ccccc2NC1. The van der Waals surface area contributed by atoms with Crippen LogP contribution in [0.4, 0.5) is 5.69 Å². The van der Waals surface area contributed by atoms with Gasteiger partial charge in [0.15, 0.2) is 0 Å². The highest BCUT2D eigenvalue weighted by molar-refractivity contribution is 9.10. The highest BCUT2D eigenvalue weighted by atomic mass is 79.9. The van der Waals surface area contributed by atoms with Gasteiger partial charge in [0.1, 0.15) is 11.9 Å². The van der Waals surface area contributed by atoms with Gasteiger partial charge in [0.25, 0.3) is 0 Å². The smallest absolute Gasteiger partial charge is 0.138 e. The van der Waals surface area contributed by atoms with E-state index in [1.165, 1.54) is 11.3 Å². The summed E-state index contributed by atoms with van der Waals surface area (Å²) in [4.78, 5) is 0. The number of benzene rings is 2. The quantitative estimate of drug-likeness (QED) is 0.829. The maximum atomic E-state index is 6.20. The number of nitrogens with one attached hydrogen (secondary N) is 1. The topological polar surface area (TPSA) is 21.3 Å². The molecule has 104 valence electrons. The Labute approximate surface area is 132 Å². The zero-order valence-electron chi connectivity index (χ0n) is 10.9. The van der Waals surface area contributed by atoms with E-state index in [2.05, 4.69) is 45.5 Å². The van der Waals surface area contributed by atoms with Gasteiger partial charge in [0.2, 0.25) is 0 Å². The standard InChI is InChI=1S/C16H15BrClNO/c17-12-6-8-16(14(18)9-12)20-13-7-5-11-3-1-2-4-15(11)19-10-13/h1-4,6,8-9,13,19H,5,7,10H2. The molecule has 1 heterocycles. The summed E-state index contributed by atoms with van der Waals surface area (Å²) >= 11 is 9.60. The number of rotatable bonds is 2. The zero-order chi connectivity index (χ0) is 13.9. The predicted molar refractivity (Wildman–Crippen MR) is 86.8 cm³/mol. The highest BCUT2D eigenvalue weighted by Crippen LogP contribution is 2.30. The van der Waals surface area contributed by atoms with E-state index >= 15 is 0 Å². The van der Waals surface area contributed by atoms with Crippen molar-refractivity contribution in [2.75, 3.05) is 11.9 Å². The van der Waals surface area contributed by atoms with Crippen molar-refractivity contribution in [1.29, 1.82) is 0 Å². The first-order chi connectivity index (χ1) is 9.72. The Balaban J connectivity index is 1.71. The number of aryl methyl sites for hydroxylation is 1. The van der Waals surface area contributed by atoms with Crippen LogP contribution in [0, 0.1) is 0 Å². The van der Waals surface area contributed by atoms with Gasteiger partial charge >= 0.3 is 0 Å². The molecule has 20 heavy (non-hydrogen) atoms. The van der Waals surface area contributed by atoms with Gasteiger partial charge in [-0.3, -0.25) is 0 Å². The average molecular weight is 353 g/mol. The van der Waals surface area contributed by atoms with Crippen LogP contribution >= 0.6 is 27.5 Å². The van der Waals surface area contributed by atoms with Crippen molar-refractivity contribution in [3.05, 3.63) is 57.5 Å². The Hall–Kier alpha value is -1.19. The summed E-state index contributed by atoms with van der Waals surface area (Å²) in [6, 6.07) is 14.1. The second-order valence-corrected chi connectivity index (χ2v) is 6.21. The normalized spacial score (nSPS) is 17.8.